The van der Waals surface area contributed by atoms with Gasteiger partial charge in [-0.3, -0.25) is 9.58 Å². The van der Waals surface area contributed by atoms with Gasteiger partial charge in [0.1, 0.15) is 22.9 Å². The zero-order valence-corrected chi connectivity index (χ0v) is 30.5. The van der Waals surface area contributed by atoms with E-state index in [9.17, 15) is 9.18 Å². The number of esters is 1. The minimum Gasteiger partial charge on any atom is -0.493 e. The molecule has 0 spiro atoms. The second-order valence-electron chi connectivity index (χ2n) is 14.2. The van der Waals surface area contributed by atoms with Gasteiger partial charge in [0.2, 0.25) is 0 Å². The maximum Gasteiger partial charge on any atom is 0.355 e. The Hall–Kier alpha value is -3.92. The number of piperazine rings is 1. The van der Waals surface area contributed by atoms with Crippen molar-refractivity contribution >= 4 is 39.2 Å². The van der Waals surface area contributed by atoms with Gasteiger partial charge in [0.05, 0.1) is 22.8 Å². The quantitative estimate of drug-likeness (QED) is 0.110. The summed E-state index contributed by atoms with van der Waals surface area (Å²) in [6, 6.07) is 14.4. The number of aromatic nitrogens is 3. The van der Waals surface area contributed by atoms with Gasteiger partial charge in [-0.1, -0.05) is 35.9 Å². The molecule has 260 valence electrons. The minimum absolute atomic E-state index is 0.302. The average molecular weight is 688 g/mol. The molecule has 0 saturated carbocycles. The van der Waals surface area contributed by atoms with Gasteiger partial charge >= 0.3 is 5.97 Å². The molecule has 0 aliphatic carbocycles. The first-order valence-electron chi connectivity index (χ1n) is 17.1. The van der Waals surface area contributed by atoms with Gasteiger partial charge in [-0.25, -0.2) is 9.18 Å². The van der Waals surface area contributed by atoms with E-state index in [0.717, 1.165) is 82.5 Å². The number of nitrogens with zero attached hydrogens (tertiary/aromatic N) is 5. The molecule has 3 heterocycles. The molecule has 1 aliphatic rings. The Kier molecular flexibility index (Phi) is 10.1. The predicted molar refractivity (Wildman–Crippen MR) is 195 cm³/mol. The maximum absolute atomic E-state index is 14.3. The van der Waals surface area contributed by atoms with Crippen molar-refractivity contribution in [2.24, 2.45) is 7.05 Å². The van der Waals surface area contributed by atoms with E-state index in [0.29, 0.717) is 42.5 Å². The van der Waals surface area contributed by atoms with Gasteiger partial charge in [0.25, 0.3) is 0 Å². The molecule has 0 radical (unpaired) electrons. The van der Waals surface area contributed by atoms with Crippen LogP contribution in [-0.2, 0) is 24.8 Å². The first-order valence-corrected chi connectivity index (χ1v) is 17.5. The molecule has 8 nitrogen and oxygen atoms in total. The van der Waals surface area contributed by atoms with Crippen LogP contribution in [0.5, 0.6) is 5.75 Å². The Morgan fingerprint density at radius 3 is 2.41 bits per heavy atom. The van der Waals surface area contributed by atoms with Crippen LogP contribution in [0.4, 0.5) is 4.39 Å². The van der Waals surface area contributed by atoms with Gasteiger partial charge in [0, 0.05) is 73.9 Å². The third kappa shape index (κ3) is 7.35. The summed E-state index contributed by atoms with van der Waals surface area (Å²) in [7, 11) is 4.09. The third-order valence-electron chi connectivity index (χ3n) is 9.50. The number of carbonyl (C=O) groups is 1. The Morgan fingerprint density at radius 1 is 0.959 bits per heavy atom. The summed E-state index contributed by atoms with van der Waals surface area (Å²) < 4.78 is 30.5. The zero-order valence-electron chi connectivity index (χ0n) is 29.7. The monoisotopic (exact) mass is 687 g/mol. The molecule has 0 amide bonds. The number of fused-ring (bicyclic) bond motifs is 2. The number of halogens is 2. The number of hydrogen-bond acceptors (Lipinski definition) is 6. The maximum atomic E-state index is 14.3. The molecule has 5 aromatic rings. The van der Waals surface area contributed by atoms with E-state index < -0.39 is 5.60 Å². The van der Waals surface area contributed by atoms with Crippen LogP contribution >= 0.6 is 11.6 Å². The molecule has 0 N–H and O–H groups in total. The van der Waals surface area contributed by atoms with Crippen molar-refractivity contribution in [2.75, 3.05) is 46.4 Å². The molecule has 1 fully saturated rings. The predicted octanol–water partition coefficient (Wildman–Crippen LogP) is 7.82. The van der Waals surface area contributed by atoms with E-state index in [1.165, 1.54) is 12.1 Å². The molecule has 0 bridgehead atoms. The first-order chi connectivity index (χ1) is 23.3. The molecule has 1 saturated heterocycles. The second kappa shape index (κ2) is 14.1. The van der Waals surface area contributed by atoms with Crippen LogP contribution in [0.15, 0.2) is 48.5 Å². The van der Waals surface area contributed by atoms with Crippen LogP contribution in [0.1, 0.15) is 54.6 Å². The molecule has 3 aromatic carbocycles. The lowest BCUT2D eigenvalue weighted by molar-refractivity contribution is 0.00560. The second-order valence-corrected chi connectivity index (χ2v) is 14.6. The Balaban J connectivity index is 1.44. The van der Waals surface area contributed by atoms with Crippen molar-refractivity contribution in [3.8, 4) is 16.9 Å². The zero-order chi connectivity index (χ0) is 35.0. The number of ether oxygens (including phenoxy) is 2. The van der Waals surface area contributed by atoms with Crippen LogP contribution in [-0.4, -0.2) is 82.1 Å². The molecule has 6 rings (SSSR count). The number of aryl methyl sites for hydroxylation is 3. The van der Waals surface area contributed by atoms with Crippen molar-refractivity contribution in [1.82, 2.24) is 24.1 Å². The van der Waals surface area contributed by atoms with Crippen LogP contribution in [0.25, 0.3) is 32.8 Å². The fraction of sp³-hybridized carbons (Fsp3) is 0.436. The summed E-state index contributed by atoms with van der Waals surface area (Å²) in [6.45, 7) is 15.4. The summed E-state index contributed by atoms with van der Waals surface area (Å²) in [6.07, 6.45) is 1.19. The Labute approximate surface area is 293 Å². The largest absolute Gasteiger partial charge is 0.493 e. The van der Waals surface area contributed by atoms with Crippen molar-refractivity contribution in [3.05, 3.63) is 82.0 Å². The lowest BCUT2D eigenvalue weighted by Gasteiger charge is -2.32. The third-order valence-corrected chi connectivity index (χ3v) is 9.81. The lowest BCUT2D eigenvalue weighted by atomic mass is 9.98. The topological polar surface area (TPSA) is 64.8 Å². The van der Waals surface area contributed by atoms with Gasteiger partial charge in [-0.05, 0) is 89.7 Å². The normalized spacial score (nSPS) is 14.6. The van der Waals surface area contributed by atoms with Crippen molar-refractivity contribution in [2.45, 2.75) is 59.6 Å². The van der Waals surface area contributed by atoms with E-state index in [1.807, 2.05) is 76.7 Å². The van der Waals surface area contributed by atoms with E-state index in [4.69, 9.17) is 26.2 Å². The van der Waals surface area contributed by atoms with Crippen LogP contribution in [0, 0.1) is 19.7 Å². The fourth-order valence-electron chi connectivity index (χ4n) is 6.99. The van der Waals surface area contributed by atoms with Gasteiger partial charge in [-0.15, -0.1) is 0 Å². The summed E-state index contributed by atoms with van der Waals surface area (Å²) in [5.74, 6) is -0.0247. The molecule has 1 aliphatic heterocycles. The summed E-state index contributed by atoms with van der Waals surface area (Å²) in [5, 5.41) is 7.95. The minimum atomic E-state index is -0.684. The number of carbonyl (C=O) groups excluding carboxylic acids is 1. The summed E-state index contributed by atoms with van der Waals surface area (Å²) in [5.41, 5.74) is 5.43. The van der Waals surface area contributed by atoms with Crippen molar-refractivity contribution in [3.63, 3.8) is 0 Å². The highest BCUT2D eigenvalue weighted by molar-refractivity contribution is 6.35. The van der Waals surface area contributed by atoms with Crippen LogP contribution in [0.3, 0.4) is 0 Å². The highest BCUT2D eigenvalue weighted by Crippen LogP contribution is 2.42. The van der Waals surface area contributed by atoms with E-state index >= 15 is 0 Å². The lowest BCUT2D eigenvalue weighted by Crippen LogP contribution is -2.45. The number of rotatable bonds is 10. The average Bonchev–Trinajstić information content (AvgIpc) is 3.49. The molecule has 49 heavy (non-hydrogen) atoms. The molecule has 2 aromatic heterocycles. The Morgan fingerprint density at radius 2 is 1.71 bits per heavy atom. The van der Waals surface area contributed by atoms with E-state index in [-0.39, 0.29) is 11.8 Å². The van der Waals surface area contributed by atoms with Crippen LogP contribution < -0.4 is 4.74 Å². The van der Waals surface area contributed by atoms with Crippen molar-refractivity contribution < 1.29 is 18.7 Å². The number of likely N-dealkylation sites (N-methyl/N-ethyl adjacent to an activating group) is 1. The molecular formula is C39H47ClFN5O3. The van der Waals surface area contributed by atoms with Gasteiger partial charge in [-0.2, -0.15) is 5.10 Å². The fourth-order valence-corrected chi connectivity index (χ4v) is 7.24. The van der Waals surface area contributed by atoms with E-state index in [2.05, 4.69) is 21.4 Å². The van der Waals surface area contributed by atoms with Crippen molar-refractivity contribution in [1.29, 1.82) is 0 Å². The number of benzene rings is 3. The highest BCUT2D eigenvalue weighted by Gasteiger charge is 2.31. The van der Waals surface area contributed by atoms with E-state index in [1.54, 1.807) is 6.07 Å². The molecule has 0 unspecified atom stereocenters. The standard InChI is InChI=1S/C39H47ClFN5O3/c1-25-34(26(2)44(7)42-25)35-32(40)16-15-30-29(11-9-23-48-33-12-8-10-27-13-14-28(41)24-31(27)33)37(38(47)49-39(3,4)5)46(36(30)35)22-21-45-19-17-43(6)18-20-45/h8,10,12-16,24H,9,11,17-23H2,1-7H3. The highest BCUT2D eigenvalue weighted by atomic mass is 35.5. The molecule has 10 heteroatoms. The summed E-state index contributed by atoms with van der Waals surface area (Å²) in [4.78, 5) is 19.1. The van der Waals surface area contributed by atoms with Gasteiger partial charge in [0.15, 0.2) is 0 Å². The van der Waals surface area contributed by atoms with Gasteiger partial charge < -0.3 is 18.9 Å². The molecular weight excluding hydrogens is 641 g/mol. The summed E-state index contributed by atoms with van der Waals surface area (Å²) >= 11 is 7.10. The Bertz CT molecular complexity index is 2000. The van der Waals surface area contributed by atoms with Crippen LogP contribution in [0.2, 0.25) is 5.02 Å². The number of hydrogen-bond donors (Lipinski definition) is 0. The first kappa shape index (κ1) is 34.9. The molecule has 0 atom stereocenters. The smallest absolute Gasteiger partial charge is 0.355 e. The SMILES string of the molecule is Cc1nn(C)c(C)c1-c1c(Cl)ccc2c(CCCOc3cccc4ccc(F)cc34)c(C(=O)OC(C)(C)C)n(CCN3CCN(C)CC3)c12.